The summed E-state index contributed by atoms with van der Waals surface area (Å²) in [4.78, 5) is 34.7. The third-order valence-corrected chi connectivity index (χ3v) is 5.98. The number of carbonyl (C=O) groups is 1. The third kappa shape index (κ3) is 4.86. The van der Waals surface area contributed by atoms with Crippen LogP contribution in [0.1, 0.15) is 26.6 Å². The largest absolute Gasteiger partial charge is 0.459 e. The van der Waals surface area contributed by atoms with E-state index in [1.54, 1.807) is 31.0 Å². The molecule has 0 atom stereocenters. The predicted molar refractivity (Wildman–Crippen MR) is 114 cm³/mol. The van der Waals surface area contributed by atoms with Gasteiger partial charge in [-0.1, -0.05) is 17.7 Å². The Morgan fingerprint density at radius 2 is 2.10 bits per heavy atom. The van der Waals surface area contributed by atoms with Crippen LogP contribution >= 0.6 is 22.9 Å². The van der Waals surface area contributed by atoms with Crippen LogP contribution in [0.25, 0.3) is 10.2 Å². The highest BCUT2D eigenvalue weighted by atomic mass is 35.5. The van der Waals surface area contributed by atoms with Gasteiger partial charge in [-0.15, -0.1) is 11.3 Å². The van der Waals surface area contributed by atoms with Crippen molar-refractivity contribution in [3.05, 3.63) is 61.2 Å². The van der Waals surface area contributed by atoms with Gasteiger partial charge in [0, 0.05) is 24.2 Å². The number of aromatic amines is 1. The first-order valence-electron chi connectivity index (χ1n) is 9.11. The molecule has 160 valence electrons. The molecule has 3 aromatic rings. The molecule has 0 bridgehead atoms. The summed E-state index contributed by atoms with van der Waals surface area (Å²) >= 11 is 7.19. The second-order valence-corrected chi connectivity index (χ2v) is 8.16. The summed E-state index contributed by atoms with van der Waals surface area (Å²) in [7, 11) is 3.28. The lowest BCUT2D eigenvalue weighted by molar-refractivity contribution is 0.0393. The Kier molecular flexibility index (Phi) is 7.19. The maximum Gasteiger partial charge on any atom is 0.348 e. The molecular weight excluding hydrogens is 433 g/mol. The molecule has 0 aliphatic rings. The Hall–Kier alpha value is -2.33. The molecule has 0 aliphatic heterocycles. The zero-order chi connectivity index (χ0) is 21.8. The van der Waals surface area contributed by atoms with Gasteiger partial charge in [-0.05, 0) is 31.7 Å². The number of hydrogen-bond acceptors (Lipinski definition) is 7. The molecule has 7 nitrogen and oxygen atoms in total. The van der Waals surface area contributed by atoms with E-state index in [0.29, 0.717) is 37.1 Å². The topological polar surface area (TPSA) is 84.5 Å². The van der Waals surface area contributed by atoms with E-state index in [4.69, 9.17) is 21.1 Å². The minimum Gasteiger partial charge on any atom is -0.459 e. The molecule has 30 heavy (non-hydrogen) atoms. The van der Waals surface area contributed by atoms with Crippen LogP contribution in [0.2, 0.25) is 5.02 Å². The summed E-state index contributed by atoms with van der Waals surface area (Å²) in [5, 5.41) is 0.700. The van der Waals surface area contributed by atoms with Crippen molar-refractivity contribution in [3.63, 3.8) is 0 Å². The van der Waals surface area contributed by atoms with E-state index >= 15 is 0 Å². The molecule has 10 heteroatoms. The SMILES string of the molecule is COCCOC(=O)c1sc2nc(CN(C)Cc3c(F)cccc3Cl)[nH]c(=O)c2c1C. The number of thiophene rings is 1. The van der Waals surface area contributed by atoms with Gasteiger partial charge in [0.25, 0.3) is 5.56 Å². The summed E-state index contributed by atoms with van der Waals surface area (Å²) in [6, 6.07) is 4.52. The Morgan fingerprint density at radius 3 is 2.80 bits per heavy atom. The fourth-order valence-corrected chi connectivity index (χ4v) is 4.32. The highest BCUT2D eigenvalue weighted by Crippen LogP contribution is 2.28. The fourth-order valence-electron chi connectivity index (χ4n) is 3.01. The van der Waals surface area contributed by atoms with Crippen LogP contribution in [0, 0.1) is 12.7 Å². The van der Waals surface area contributed by atoms with Crippen LogP contribution in [-0.2, 0) is 22.6 Å². The van der Waals surface area contributed by atoms with Crippen molar-refractivity contribution < 1.29 is 18.7 Å². The van der Waals surface area contributed by atoms with Gasteiger partial charge >= 0.3 is 5.97 Å². The number of methoxy groups -OCH3 is 1. The molecule has 3 rings (SSSR count). The molecule has 0 saturated heterocycles. The fraction of sp³-hybridized carbons (Fsp3) is 0.350. The number of nitrogens with zero attached hydrogens (tertiary/aromatic N) is 2. The monoisotopic (exact) mass is 453 g/mol. The molecule has 1 aromatic carbocycles. The van der Waals surface area contributed by atoms with Crippen molar-refractivity contribution in [3.8, 4) is 0 Å². The van der Waals surface area contributed by atoms with Gasteiger partial charge in [-0.3, -0.25) is 9.69 Å². The number of hydrogen-bond donors (Lipinski definition) is 1. The van der Waals surface area contributed by atoms with Crippen molar-refractivity contribution >= 4 is 39.1 Å². The Labute approximate surface area is 181 Å². The lowest BCUT2D eigenvalue weighted by atomic mass is 10.2. The smallest absolute Gasteiger partial charge is 0.348 e. The lowest BCUT2D eigenvalue weighted by Crippen LogP contribution is -2.22. The number of rotatable bonds is 8. The summed E-state index contributed by atoms with van der Waals surface area (Å²) in [6.07, 6.45) is 0. The summed E-state index contributed by atoms with van der Waals surface area (Å²) < 4.78 is 24.0. The molecular formula is C20H21ClFN3O4S. The number of nitrogens with one attached hydrogen (secondary N) is 1. The molecule has 0 saturated carbocycles. The maximum atomic E-state index is 14.0. The standard InChI is InChI=1S/C20H21ClFN3O4S/c1-11-16-18(26)23-15(10-25(2)9-12-13(21)5-4-6-14(12)22)24-19(16)30-17(11)20(27)29-8-7-28-3/h4-6H,7-10H2,1-3H3,(H,23,24,26). The van der Waals surface area contributed by atoms with Gasteiger partial charge in [0.05, 0.1) is 18.5 Å². The van der Waals surface area contributed by atoms with E-state index in [1.807, 2.05) is 0 Å². The molecule has 0 unspecified atom stereocenters. The second kappa shape index (κ2) is 9.65. The first-order chi connectivity index (χ1) is 14.3. The van der Waals surface area contributed by atoms with Crippen LogP contribution in [-0.4, -0.2) is 48.2 Å². The van der Waals surface area contributed by atoms with Crippen molar-refractivity contribution in [2.75, 3.05) is 27.4 Å². The average Bonchev–Trinajstić information content (AvgIpc) is 3.02. The van der Waals surface area contributed by atoms with E-state index < -0.39 is 11.8 Å². The lowest BCUT2D eigenvalue weighted by Gasteiger charge is -2.17. The number of ether oxygens (including phenoxy) is 2. The number of halogens is 2. The normalized spacial score (nSPS) is 11.4. The zero-order valence-corrected chi connectivity index (χ0v) is 18.3. The highest BCUT2D eigenvalue weighted by molar-refractivity contribution is 7.20. The van der Waals surface area contributed by atoms with Crippen molar-refractivity contribution in [2.24, 2.45) is 0 Å². The molecule has 1 N–H and O–H groups in total. The van der Waals surface area contributed by atoms with Gasteiger partial charge in [-0.25, -0.2) is 14.2 Å². The number of fused-ring (bicyclic) bond motifs is 1. The van der Waals surface area contributed by atoms with E-state index in [0.717, 1.165) is 11.3 Å². The van der Waals surface area contributed by atoms with Crippen LogP contribution in [0.15, 0.2) is 23.0 Å². The number of aryl methyl sites for hydroxylation is 1. The minimum absolute atomic E-state index is 0.126. The summed E-state index contributed by atoms with van der Waals surface area (Å²) in [5.41, 5.74) is 0.569. The molecule has 2 heterocycles. The number of carbonyl (C=O) groups excluding carboxylic acids is 1. The van der Waals surface area contributed by atoms with Gasteiger partial charge in [0.2, 0.25) is 0 Å². The summed E-state index contributed by atoms with van der Waals surface area (Å²) in [5.74, 6) is -0.500. The number of H-pyrrole nitrogens is 1. The Morgan fingerprint density at radius 1 is 1.33 bits per heavy atom. The van der Waals surface area contributed by atoms with E-state index in [2.05, 4.69) is 9.97 Å². The number of esters is 1. The second-order valence-electron chi connectivity index (χ2n) is 6.75. The quantitative estimate of drug-likeness (QED) is 0.415. The Bertz CT molecular complexity index is 1110. The molecule has 0 amide bonds. The molecule has 0 spiro atoms. The number of aromatic nitrogens is 2. The number of benzene rings is 1. The van der Waals surface area contributed by atoms with E-state index in [-0.39, 0.29) is 31.9 Å². The van der Waals surface area contributed by atoms with Crippen molar-refractivity contribution in [1.29, 1.82) is 0 Å². The Balaban J connectivity index is 1.82. The van der Waals surface area contributed by atoms with Crippen LogP contribution in [0.4, 0.5) is 4.39 Å². The predicted octanol–water partition coefficient (Wildman–Crippen LogP) is 3.52. The van der Waals surface area contributed by atoms with Crippen LogP contribution in [0.5, 0.6) is 0 Å². The van der Waals surface area contributed by atoms with E-state index in [9.17, 15) is 14.0 Å². The van der Waals surface area contributed by atoms with E-state index in [1.165, 1.54) is 13.2 Å². The van der Waals surface area contributed by atoms with Gasteiger partial charge < -0.3 is 14.5 Å². The molecule has 2 aromatic heterocycles. The summed E-state index contributed by atoms with van der Waals surface area (Å²) in [6.45, 7) is 2.61. The molecule has 0 radical (unpaired) electrons. The molecule has 0 aliphatic carbocycles. The van der Waals surface area contributed by atoms with Crippen LogP contribution in [0.3, 0.4) is 0 Å². The van der Waals surface area contributed by atoms with Crippen molar-refractivity contribution in [2.45, 2.75) is 20.0 Å². The van der Waals surface area contributed by atoms with Crippen LogP contribution < -0.4 is 5.56 Å². The third-order valence-electron chi connectivity index (χ3n) is 4.46. The van der Waals surface area contributed by atoms with Gasteiger partial charge in [-0.2, -0.15) is 0 Å². The van der Waals surface area contributed by atoms with Crippen molar-refractivity contribution in [1.82, 2.24) is 14.9 Å². The molecule has 0 fully saturated rings. The first-order valence-corrected chi connectivity index (χ1v) is 10.3. The zero-order valence-electron chi connectivity index (χ0n) is 16.8. The van der Waals surface area contributed by atoms with Gasteiger partial charge in [0.1, 0.15) is 28.0 Å². The van der Waals surface area contributed by atoms with Gasteiger partial charge in [0.15, 0.2) is 0 Å². The minimum atomic E-state index is -0.514. The highest BCUT2D eigenvalue weighted by Gasteiger charge is 2.21. The average molecular weight is 454 g/mol. The maximum absolute atomic E-state index is 14.0. The first kappa shape index (κ1) is 22.4.